The van der Waals surface area contributed by atoms with Crippen LogP contribution >= 0.6 is 24.0 Å². The zero-order valence-electron chi connectivity index (χ0n) is 15.0. The largest absolute Gasteiger partial charge is 0.361 e. The molecular weight excluding hydrogens is 423 g/mol. The van der Waals surface area contributed by atoms with Gasteiger partial charge < -0.3 is 15.2 Å². The summed E-state index contributed by atoms with van der Waals surface area (Å²) < 4.78 is 0. The fraction of sp³-hybridized carbons (Fsp3) is 0.550. The molecule has 1 aliphatic heterocycles. The van der Waals surface area contributed by atoms with Crippen molar-refractivity contribution in [3.05, 3.63) is 36.0 Å². The van der Waals surface area contributed by atoms with Crippen LogP contribution in [0.3, 0.4) is 0 Å². The first-order valence-electron chi connectivity index (χ1n) is 9.36. The Labute approximate surface area is 167 Å². The molecule has 0 spiro atoms. The number of halogens is 1. The highest BCUT2D eigenvalue weighted by molar-refractivity contribution is 14.0. The van der Waals surface area contributed by atoms with Gasteiger partial charge in [0.1, 0.15) is 0 Å². The second-order valence-electron chi connectivity index (χ2n) is 7.29. The van der Waals surface area contributed by atoms with E-state index in [2.05, 4.69) is 50.7 Å². The molecule has 2 unspecified atom stereocenters. The van der Waals surface area contributed by atoms with E-state index in [1.165, 1.54) is 55.2 Å². The summed E-state index contributed by atoms with van der Waals surface area (Å²) in [7, 11) is 1.91. The van der Waals surface area contributed by atoms with Crippen molar-refractivity contribution in [1.29, 1.82) is 0 Å². The van der Waals surface area contributed by atoms with Gasteiger partial charge >= 0.3 is 0 Å². The van der Waals surface area contributed by atoms with Gasteiger partial charge in [-0.25, -0.2) is 0 Å². The third-order valence-electron chi connectivity index (χ3n) is 5.84. The first-order chi connectivity index (χ1) is 11.8. The van der Waals surface area contributed by atoms with E-state index < -0.39 is 0 Å². The monoisotopic (exact) mass is 452 g/mol. The molecule has 4 nitrogen and oxygen atoms in total. The van der Waals surface area contributed by atoms with Crippen LogP contribution in [0.5, 0.6) is 0 Å². The second-order valence-corrected chi connectivity index (χ2v) is 7.29. The van der Waals surface area contributed by atoms with Crippen LogP contribution in [0.4, 0.5) is 0 Å². The third kappa shape index (κ3) is 3.96. The molecule has 2 aromatic rings. The SMILES string of the molecule is CN=C(NCCc1c[nH]c2ccccc12)N1CC2CCCCC2C1.I. The molecular formula is C20H29IN4. The van der Waals surface area contributed by atoms with Gasteiger partial charge in [-0.1, -0.05) is 31.0 Å². The van der Waals surface area contributed by atoms with Crippen molar-refractivity contribution in [3.63, 3.8) is 0 Å². The summed E-state index contributed by atoms with van der Waals surface area (Å²) in [6.45, 7) is 3.31. The van der Waals surface area contributed by atoms with Gasteiger partial charge in [0.15, 0.2) is 5.96 Å². The number of likely N-dealkylation sites (tertiary alicyclic amines) is 1. The van der Waals surface area contributed by atoms with E-state index in [0.29, 0.717) is 0 Å². The fourth-order valence-corrected chi connectivity index (χ4v) is 4.56. The van der Waals surface area contributed by atoms with E-state index in [9.17, 15) is 0 Å². The highest BCUT2D eigenvalue weighted by atomic mass is 127. The molecule has 1 saturated heterocycles. The van der Waals surface area contributed by atoms with Crippen molar-refractivity contribution in [2.75, 3.05) is 26.7 Å². The zero-order valence-corrected chi connectivity index (χ0v) is 17.3. The molecule has 1 aliphatic carbocycles. The van der Waals surface area contributed by atoms with Gasteiger partial charge in [-0.3, -0.25) is 4.99 Å². The number of para-hydroxylation sites is 1. The van der Waals surface area contributed by atoms with Crippen LogP contribution in [0.2, 0.25) is 0 Å². The molecule has 2 atom stereocenters. The lowest BCUT2D eigenvalue weighted by Gasteiger charge is -2.22. The van der Waals surface area contributed by atoms with Gasteiger partial charge in [0.25, 0.3) is 0 Å². The lowest BCUT2D eigenvalue weighted by atomic mass is 9.82. The molecule has 1 aromatic carbocycles. The number of aromatic nitrogens is 1. The molecule has 0 bridgehead atoms. The summed E-state index contributed by atoms with van der Waals surface area (Å²) in [6.07, 6.45) is 8.81. The number of hydrogen-bond donors (Lipinski definition) is 2. The Bertz CT molecular complexity index is 709. The minimum atomic E-state index is 0. The Hall–Kier alpha value is -1.24. The van der Waals surface area contributed by atoms with Gasteiger partial charge in [-0.15, -0.1) is 24.0 Å². The molecule has 4 rings (SSSR count). The molecule has 5 heteroatoms. The number of H-pyrrole nitrogens is 1. The highest BCUT2D eigenvalue weighted by Crippen LogP contribution is 2.35. The Morgan fingerprint density at radius 1 is 1.20 bits per heavy atom. The number of hydrogen-bond acceptors (Lipinski definition) is 1. The first-order valence-corrected chi connectivity index (χ1v) is 9.36. The summed E-state index contributed by atoms with van der Waals surface area (Å²) in [5.41, 5.74) is 2.60. The lowest BCUT2D eigenvalue weighted by molar-refractivity contribution is 0.299. The zero-order chi connectivity index (χ0) is 16.4. The summed E-state index contributed by atoms with van der Waals surface area (Å²) >= 11 is 0. The molecule has 1 aromatic heterocycles. The number of nitrogens with one attached hydrogen (secondary N) is 2. The molecule has 0 amide bonds. The van der Waals surface area contributed by atoms with Crippen molar-refractivity contribution in [2.45, 2.75) is 32.1 Å². The van der Waals surface area contributed by atoms with E-state index in [4.69, 9.17) is 0 Å². The number of aliphatic imine (C=N–C) groups is 1. The highest BCUT2D eigenvalue weighted by Gasteiger charge is 2.35. The summed E-state index contributed by atoms with van der Waals surface area (Å²) in [5.74, 6) is 2.88. The Balaban J connectivity index is 0.00000182. The Morgan fingerprint density at radius 3 is 2.64 bits per heavy atom. The van der Waals surface area contributed by atoms with Crippen LogP contribution in [0, 0.1) is 11.8 Å². The van der Waals surface area contributed by atoms with Gasteiger partial charge in [0.2, 0.25) is 0 Å². The molecule has 0 radical (unpaired) electrons. The quantitative estimate of drug-likeness (QED) is 0.420. The van der Waals surface area contributed by atoms with Gasteiger partial charge in [0, 0.05) is 43.8 Å². The number of benzene rings is 1. The first kappa shape index (κ1) is 18.5. The predicted octanol–water partition coefficient (Wildman–Crippen LogP) is 4.03. The Morgan fingerprint density at radius 2 is 1.92 bits per heavy atom. The molecule has 136 valence electrons. The number of aromatic amines is 1. The lowest BCUT2D eigenvalue weighted by Crippen LogP contribution is -2.41. The topological polar surface area (TPSA) is 43.4 Å². The predicted molar refractivity (Wildman–Crippen MR) is 116 cm³/mol. The minimum Gasteiger partial charge on any atom is -0.361 e. The summed E-state index contributed by atoms with van der Waals surface area (Å²) in [4.78, 5) is 10.4. The van der Waals surface area contributed by atoms with Crippen LogP contribution in [0.25, 0.3) is 10.9 Å². The fourth-order valence-electron chi connectivity index (χ4n) is 4.56. The number of rotatable bonds is 3. The van der Waals surface area contributed by atoms with Gasteiger partial charge in [-0.2, -0.15) is 0 Å². The molecule has 2 aliphatic rings. The van der Waals surface area contributed by atoms with E-state index in [1.54, 1.807) is 0 Å². The van der Waals surface area contributed by atoms with Crippen LogP contribution in [-0.4, -0.2) is 42.5 Å². The van der Waals surface area contributed by atoms with E-state index in [-0.39, 0.29) is 24.0 Å². The van der Waals surface area contributed by atoms with Crippen molar-refractivity contribution in [1.82, 2.24) is 15.2 Å². The normalized spacial score (nSPS) is 23.4. The van der Waals surface area contributed by atoms with E-state index in [0.717, 1.165) is 30.8 Å². The average Bonchev–Trinajstić information content (AvgIpc) is 3.23. The van der Waals surface area contributed by atoms with Crippen molar-refractivity contribution >= 4 is 40.8 Å². The minimum absolute atomic E-state index is 0. The molecule has 2 heterocycles. The van der Waals surface area contributed by atoms with E-state index >= 15 is 0 Å². The van der Waals surface area contributed by atoms with Crippen molar-refractivity contribution in [3.8, 4) is 0 Å². The van der Waals surface area contributed by atoms with E-state index in [1.807, 2.05) is 7.05 Å². The van der Waals surface area contributed by atoms with Crippen LogP contribution in [0.1, 0.15) is 31.2 Å². The second kappa shape index (κ2) is 8.43. The van der Waals surface area contributed by atoms with Crippen LogP contribution < -0.4 is 5.32 Å². The maximum atomic E-state index is 4.53. The van der Waals surface area contributed by atoms with Crippen LogP contribution in [0.15, 0.2) is 35.5 Å². The number of nitrogens with zero attached hydrogens (tertiary/aromatic N) is 2. The molecule has 25 heavy (non-hydrogen) atoms. The van der Waals surface area contributed by atoms with Gasteiger partial charge in [-0.05, 0) is 42.7 Å². The smallest absolute Gasteiger partial charge is 0.193 e. The number of fused-ring (bicyclic) bond motifs is 2. The number of guanidine groups is 1. The van der Waals surface area contributed by atoms with Crippen molar-refractivity contribution in [2.24, 2.45) is 16.8 Å². The molecule has 2 N–H and O–H groups in total. The molecule has 1 saturated carbocycles. The summed E-state index contributed by atoms with van der Waals surface area (Å²) in [6, 6.07) is 8.52. The molecule has 2 fully saturated rings. The van der Waals surface area contributed by atoms with Gasteiger partial charge in [0.05, 0.1) is 0 Å². The van der Waals surface area contributed by atoms with Crippen molar-refractivity contribution < 1.29 is 0 Å². The van der Waals surface area contributed by atoms with Crippen LogP contribution in [-0.2, 0) is 6.42 Å². The summed E-state index contributed by atoms with van der Waals surface area (Å²) in [5, 5.41) is 4.92. The Kier molecular flexibility index (Phi) is 6.25. The third-order valence-corrected chi connectivity index (χ3v) is 5.84. The maximum absolute atomic E-state index is 4.53. The standard InChI is InChI=1S/C20H28N4.HI/c1-21-20(24-13-16-6-2-3-7-17(16)14-24)22-11-10-15-12-23-19-9-5-4-8-18(15)19;/h4-5,8-9,12,16-17,23H,2-3,6-7,10-11,13-14H2,1H3,(H,21,22);1H. The maximum Gasteiger partial charge on any atom is 0.193 e. The average molecular weight is 452 g/mol.